The Bertz CT molecular complexity index is 675. The van der Waals surface area contributed by atoms with Crippen LogP contribution in [0.15, 0.2) is 0 Å². The molecule has 0 spiro atoms. The van der Waals surface area contributed by atoms with E-state index in [4.69, 9.17) is 0 Å². The van der Waals surface area contributed by atoms with Crippen LogP contribution in [0, 0.1) is 11.8 Å². The van der Waals surface area contributed by atoms with E-state index in [1.165, 1.54) is 16.9 Å². The van der Waals surface area contributed by atoms with Crippen LogP contribution >= 0.6 is 0 Å². The molecule has 4 amide bonds. The summed E-state index contributed by atoms with van der Waals surface area (Å²) in [5.41, 5.74) is 0. The van der Waals surface area contributed by atoms with Crippen molar-refractivity contribution in [2.24, 2.45) is 11.8 Å². The maximum absolute atomic E-state index is 11.0. The zero-order chi connectivity index (χ0) is 22.5. The fourth-order valence-electron chi connectivity index (χ4n) is 4.77. The second-order valence-corrected chi connectivity index (χ2v) is 9.16. The molecular formula is C21H33N5O5Y2-2. The molecule has 2 radical (unpaired) electrons. The molecule has 4 aliphatic heterocycles. The van der Waals surface area contributed by atoms with Crippen molar-refractivity contribution in [2.45, 2.75) is 45.2 Å². The Morgan fingerprint density at radius 1 is 0.788 bits per heavy atom. The van der Waals surface area contributed by atoms with Crippen LogP contribution in [0.25, 0.3) is 0 Å². The van der Waals surface area contributed by atoms with Crippen LogP contribution in [-0.4, -0.2) is 119 Å². The van der Waals surface area contributed by atoms with Crippen LogP contribution in [0.1, 0.15) is 33.1 Å². The normalized spacial score (nSPS) is 24.7. The van der Waals surface area contributed by atoms with E-state index in [9.17, 15) is 24.4 Å². The minimum absolute atomic E-state index is 0. The quantitative estimate of drug-likeness (QED) is 0.314. The average Bonchev–Trinajstić information content (AvgIpc) is 3.32. The molecule has 0 aliphatic carbocycles. The maximum atomic E-state index is 11.0. The molecule has 0 bridgehead atoms. The molecule has 4 rings (SSSR count). The molecule has 0 aromatic heterocycles. The molecule has 2 unspecified atom stereocenters. The van der Waals surface area contributed by atoms with Crippen molar-refractivity contribution >= 4 is 24.6 Å². The number of rotatable bonds is 6. The standard InChI is InChI=1S/C11H17N2O2.C10H16N3O3.2Y/c1-9(15)13-6-11(7-13)4-10-2-3-12(5-10)8-14;1-8(15)12-5-10(6-12)13(16)9-2-3-11(4-9)7-14;;/h10-11H,2-7H2,1H3;9-10,16H,2-6H2,1H3;;/q2*-1;;. The molecule has 0 saturated carbocycles. The van der Waals surface area contributed by atoms with Crippen LogP contribution in [0.3, 0.4) is 0 Å². The van der Waals surface area contributed by atoms with Crippen molar-refractivity contribution in [3.63, 3.8) is 0 Å². The first-order chi connectivity index (χ1) is 14.8. The molecule has 4 heterocycles. The molecule has 2 atom stereocenters. The Hall–Kier alpha value is 0.00779. The van der Waals surface area contributed by atoms with Gasteiger partial charge < -0.3 is 34.4 Å². The zero-order valence-electron chi connectivity index (χ0n) is 19.6. The minimum atomic E-state index is -0.0134. The monoisotopic (exact) mass is 613 g/mol. The number of hydrogen-bond acceptors (Lipinski definition) is 6. The third-order valence-corrected chi connectivity index (χ3v) is 6.83. The molecule has 0 aromatic rings. The van der Waals surface area contributed by atoms with E-state index in [1.54, 1.807) is 16.7 Å². The smallest absolute Gasteiger partial charge is 0.219 e. The van der Waals surface area contributed by atoms with Gasteiger partial charge in [0.25, 0.3) is 0 Å². The van der Waals surface area contributed by atoms with Crippen LogP contribution in [-0.2, 0) is 84.6 Å². The Kier molecular flexibility index (Phi) is 13.7. The van der Waals surface area contributed by atoms with Crippen molar-refractivity contribution in [1.82, 2.24) is 24.7 Å². The number of carbonyl (C=O) groups excluding carboxylic acids is 4. The summed E-state index contributed by atoms with van der Waals surface area (Å²) in [6.07, 6.45) is 6.80. The molecule has 4 aliphatic rings. The van der Waals surface area contributed by atoms with Crippen LogP contribution in [0.4, 0.5) is 0 Å². The van der Waals surface area contributed by atoms with Gasteiger partial charge in [0, 0.05) is 112 Å². The molecule has 1 N–H and O–H groups in total. The number of carbonyl (C=O) groups is 2. The van der Waals surface area contributed by atoms with Gasteiger partial charge >= 0.3 is 0 Å². The fraction of sp³-hybridized carbons (Fsp3) is 0.810. The second-order valence-electron chi connectivity index (χ2n) is 9.16. The van der Waals surface area contributed by atoms with Gasteiger partial charge in [-0.3, -0.25) is 9.59 Å². The first-order valence-corrected chi connectivity index (χ1v) is 11.0. The number of nitrogens with zero attached hydrogens (tertiary/aromatic N) is 5. The molecule has 4 saturated heterocycles. The van der Waals surface area contributed by atoms with E-state index in [1.807, 2.05) is 17.7 Å². The molecule has 12 heteroatoms. The van der Waals surface area contributed by atoms with E-state index in [-0.39, 0.29) is 89.3 Å². The van der Waals surface area contributed by atoms with Crippen molar-refractivity contribution in [1.29, 1.82) is 0 Å². The van der Waals surface area contributed by atoms with Crippen LogP contribution in [0.2, 0.25) is 0 Å². The topological polar surface area (TPSA) is 105 Å². The largest absolute Gasteiger partial charge is 0.520 e. The summed E-state index contributed by atoms with van der Waals surface area (Å²) in [6.45, 7) is 9.02. The van der Waals surface area contributed by atoms with Crippen molar-refractivity contribution in [2.75, 3.05) is 52.4 Å². The van der Waals surface area contributed by atoms with Gasteiger partial charge in [-0.2, -0.15) is 17.9 Å². The predicted molar refractivity (Wildman–Crippen MR) is 111 cm³/mol. The maximum Gasteiger partial charge on any atom is 0.219 e. The van der Waals surface area contributed by atoms with Crippen molar-refractivity contribution < 1.29 is 89.8 Å². The Labute approximate surface area is 246 Å². The summed E-state index contributed by atoms with van der Waals surface area (Å²) in [5.74, 6) is 1.51. The summed E-state index contributed by atoms with van der Waals surface area (Å²) in [7, 11) is 0. The third kappa shape index (κ3) is 8.57. The van der Waals surface area contributed by atoms with Crippen molar-refractivity contribution in [3.8, 4) is 0 Å². The number of hydroxylamine groups is 2. The van der Waals surface area contributed by atoms with E-state index >= 15 is 0 Å². The Morgan fingerprint density at radius 2 is 1.30 bits per heavy atom. The summed E-state index contributed by atoms with van der Waals surface area (Å²) in [4.78, 5) is 49.6. The summed E-state index contributed by atoms with van der Waals surface area (Å²) in [5, 5.41) is 11.2. The SMILES string of the molecule is CC(=O)N1CC(CC2CCN([C-]=O)C2)C1.CC(=O)N1CC(N(O)C2CCN([C-]=O)C2)C1.[Y].[Y]. The fourth-order valence-corrected chi connectivity index (χ4v) is 4.77. The van der Waals surface area contributed by atoms with E-state index in [0.717, 1.165) is 45.4 Å². The van der Waals surface area contributed by atoms with Gasteiger partial charge in [-0.25, -0.2) is 0 Å². The van der Waals surface area contributed by atoms with Crippen LogP contribution < -0.4 is 0 Å². The van der Waals surface area contributed by atoms with E-state index < -0.39 is 0 Å². The van der Waals surface area contributed by atoms with Gasteiger partial charge in [0.2, 0.25) is 11.8 Å². The van der Waals surface area contributed by atoms with Gasteiger partial charge in [-0.05, 0) is 50.7 Å². The molecule has 33 heavy (non-hydrogen) atoms. The Morgan fingerprint density at radius 3 is 1.79 bits per heavy atom. The van der Waals surface area contributed by atoms with Gasteiger partial charge in [0.15, 0.2) is 0 Å². The summed E-state index contributed by atoms with van der Waals surface area (Å²) >= 11 is 0. The van der Waals surface area contributed by atoms with Gasteiger partial charge in [0.1, 0.15) is 0 Å². The zero-order valence-corrected chi connectivity index (χ0v) is 25.2. The second kappa shape index (κ2) is 14.5. The number of likely N-dealkylation sites (tertiary alicyclic amines) is 4. The minimum Gasteiger partial charge on any atom is -0.520 e. The van der Waals surface area contributed by atoms with Crippen LogP contribution in [0.5, 0.6) is 0 Å². The Balaban J connectivity index is 0.000000312. The average molecular weight is 613 g/mol. The summed E-state index contributed by atoms with van der Waals surface area (Å²) < 4.78 is 0. The van der Waals surface area contributed by atoms with E-state index in [0.29, 0.717) is 38.0 Å². The van der Waals surface area contributed by atoms with Gasteiger partial charge in [-0.15, -0.1) is 0 Å². The molecule has 4 fully saturated rings. The van der Waals surface area contributed by atoms with Crippen molar-refractivity contribution in [3.05, 3.63) is 0 Å². The third-order valence-electron chi connectivity index (χ3n) is 6.83. The number of amides is 4. The molecule has 0 aromatic carbocycles. The van der Waals surface area contributed by atoms with E-state index in [2.05, 4.69) is 0 Å². The number of hydrogen-bond donors (Lipinski definition) is 1. The molecular weight excluding hydrogens is 580 g/mol. The predicted octanol–water partition coefficient (Wildman–Crippen LogP) is -0.711. The first-order valence-electron chi connectivity index (χ1n) is 11.0. The van der Waals surface area contributed by atoms with Gasteiger partial charge in [0.05, 0.1) is 12.1 Å². The molecule has 10 nitrogen and oxygen atoms in total. The molecule has 180 valence electrons. The van der Waals surface area contributed by atoms with Gasteiger partial charge in [-0.1, -0.05) is 0 Å². The summed E-state index contributed by atoms with van der Waals surface area (Å²) in [6, 6.07) is 0.000982. The first kappa shape index (κ1) is 31.0.